The average Bonchev–Trinajstić information content (AvgIpc) is 3.35. The van der Waals surface area contributed by atoms with Crippen LogP contribution in [-0.4, -0.2) is 0 Å². The molecule has 10 rings (SSSR count). The normalized spacial score (nSPS) is 12.0. The zero-order valence-corrected chi connectivity index (χ0v) is 32.3. The quantitative estimate of drug-likeness (QED) is 0.142. The molecule has 10 aromatic rings. The number of fused-ring (bicyclic) bond motifs is 1. The van der Waals surface area contributed by atoms with E-state index in [1.165, 1.54) is 16.3 Å². The summed E-state index contributed by atoms with van der Waals surface area (Å²) in [6, 6.07) is 76.0. The second-order valence-electron chi connectivity index (χ2n) is 14.7. The summed E-state index contributed by atoms with van der Waals surface area (Å²) >= 11 is 0. The lowest BCUT2D eigenvalue weighted by Gasteiger charge is -2.26. The third-order valence-electron chi connectivity index (χ3n) is 10.9. The smallest absolute Gasteiger partial charge is 0.0645 e. The van der Waals surface area contributed by atoms with Crippen LogP contribution in [0.3, 0.4) is 0 Å². The molecule has 1 nitrogen and oxygen atoms in total. The van der Waals surface area contributed by atoms with Gasteiger partial charge in [0.25, 0.3) is 0 Å². The Labute approximate surface area is 352 Å². The molecule has 0 heterocycles. The Hall–Kier alpha value is -7.74. The van der Waals surface area contributed by atoms with Gasteiger partial charge in [0.05, 0.1) is 5.48 Å². The number of hydrogen-bond donors (Lipinski definition) is 0. The molecule has 0 aromatic heterocycles. The number of anilines is 3. The summed E-state index contributed by atoms with van der Waals surface area (Å²) in [5.74, 6) is 0. The van der Waals surface area contributed by atoms with E-state index in [1.54, 1.807) is 0 Å². The van der Waals surface area contributed by atoms with Gasteiger partial charge in [-0.15, -0.1) is 0 Å². The molecule has 0 bridgehead atoms. The second-order valence-corrected chi connectivity index (χ2v) is 14.7. The van der Waals surface area contributed by atoms with Crippen LogP contribution in [0.25, 0.3) is 77.5 Å². The Morgan fingerprint density at radius 2 is 0.644 bits per heavy atom. The molecule has 0 saturated heterocycles. The average molecular weight is 756 g/mol. The van der Waals surface area contributed by atoms with E-state index in [-0.39, 0.29) is 35.4 Å². The van der Waals surface area contributed by atoms with Gasteiger partial charge in [0.2, 0.25) is 0 Å². The van der Waals surface area contributed by atoms with E-state index in [2.05, 4.69) is 158 Å². The number of rotatable bonds is 9. The summed E-state index contributed by atoms with van der Waals surface area (Å²) in [4.78, 5) is 1.85. The van der Waals surface area contributed by atoms with Gasteiger partial charge in [0.15, 0.2) is 0 Å². The first kappa shape index (κ1) is 31.4. The van der Waals surface area contributed by atoms with Gasteiger partial charge in [-0.05, 0) is 138 Å². The van der Waals surface area contributed by atoms with E-state index in [0.29, 0.717) is 16.9 Å². The van der Waals surface area contributed by atoms with Gasteiger partial charge in [-0.3, -0.25) is 0 Å². The highest BCUT2D eigenvalue weighted by Crippen LogP contribution is 2.40. The first-order chi connectivity index (χ1) is 30.9. The Morgan fingerprint density at radius 3 is 1.20 bits per heavy atom. The van der Waals surface area contributed by atoms with E-state index < -0.39 is 0 Å². The van der Waals surface area contributed by atoms with Crippen LogP contribution in [0.2, 0.25) is 0 Å². The lowest BCUT2D eigenvalue weighted by Crippen LogP contribution is -2.09. The van der Waals surface area contributed by atoms with Gasteiger partial charge in [-0.1, -0.05) is 188 Å². The summed E-state index contributed by atoms with van der Waals surface area (Å²) in [7, 11) is 0. The first-order valence-electron chi connectivity index (χ1n) is 21.9. The van der Waals surface area contributed by atoms with Crippen LogP contribution >= 0.6 is 0 Å². The van der Waals surface area contributed by atoms with Crippen LogP contribution < -0.4 is 4.90 Å². The molecule has 0 saturated carbocycles. The van der Waals surface area contributed by atoms with Gasteiger partial charge in [0, 0.05) is 17.1 Å². The topological polar surface area (TPSA) is 3.24 Å². The minimum Gasteiger partial charge on any atom is -0.311 e. The molecule has 0 aliphatic heterocycles. The number of hydrogen-bond acceptors (Lipinski definition) is 1. The Balaban J connectivity index is 1.08. The minimum absolute atomic E-state index is 0.0909. The zero-order valence-electron chi connectivity index (χ0n) is 36.3. The molecule has 10 aromatic carbocycles. The predicted molar refractivity (Wildman–Crippen MR) is 251 cm³/mol. The van der Waals surface area contributed by atoms with Crippen molar-refractivity contribution in [2.45, 2.75) is 0 Å². The minimum atomic E-state index is -0.117. The van der Waals surface area contributed by atoms with E-state index in [4.69, 9.17) is 0 Å². The van der Waals surface area contributed by atoms with Crippen LogP contribution in [0.5, 0.6) is 0 Å². The molecule has 0 amide bonds. The highest BCUT2D eigenvalue weighted by atomic mass is 15.1. The Morgan fingerprint density at radius 1 is 0.254 bits per heavy atom. The van der Waals surface area contributed by atoms with Crippen molar-refractivity contribution in [1.29, 1.82) is 0 Å². The van der Waals surface area contributed by atoms with Gasteiger partial charge in [-0.2, -0.15) is 0 Å². The SMILES string of the molecule is [2H]c1c([2H])c(N(c2ccc(-c3cc(-c4ccccc4)cc(-c4ccccc4)c3)cc2)c2ccc(-c3cccc(-c4cccc5ccccc45)c3)cc2)c([2H])c([2H])c1-c1ccccc1. The Bertz CT molecular complexity index is 3150. The van der Waals surface area contributed by atoms with Crippen LogP contribution in [0, 0.1) is 0 Å². The van der Waals surface area contributed by atoms with Crippen LogP contribution in [-0.2, 0) is 0 Å². The van der Waals surface area contributed by atoms with E-state index >= 15 is 0 Å². The lowest BCUT2D eigenvalue weighted by molar-refractivity contribution is 1.28. The van der Waals surface area contributed by atoms with Gasteiger partial charge in [0.1, 0.15) is 0 Å². The maximum absolute atomic E-state index is 9.45. The largest absolute Gasteiger partial charge is 0.311 e. The molecular weight excluding hydrogens is 711 g/mol. The lowest BCUT2D eigenvalue weighted by atomic mass is 9.93. The molecule has 0 aliphatic rings. The van der Waals surface area contributed by atoms with Crippen molar-refractivity contribution in [3.05, 3.63) is 249 Å². The third-order valence-corrected chi connectivity index (χ3v) is 10.9. The summed E-state index contributed by atoms with van der Waals surface area (Å²) in [6.45, 7) is 0. The maximum atomic E-state index is 9.45. The molecule has 1 heteroatoms. The van der Waals surface area contributed by atoms with Crippen LogP contribution in [0.4, 0.5) is 17.1 Å². The van der Waals surface area contributed by atoms with Gasteiger partial charge in [-0.25, -0.2) is 0 Å². The number of benzene rings is 10. The molecule has 278 valence electrons. The molecule has 0 radical (unpaired) electrons. The summed E-state index contributed by atoms with van der Waals surface area (Å²) in [6.07, 6.45) is 0. The molecule has 0 atom stereocenters. The van der Waals surface area contributed by atoms with Crippen molar-refractivity contribution in [3.8, 4) is 66.8 Å². The fraction of sp³-hybridized carbons (Fsp3) is 0. The van der Waals surface area contributed by atoms with Crippen molar-refractivity contribution in [2.75, 3.05) is 4.90 Å². The standard InChI is InChI=1S/C58H41N/c1-4-14-42(15-5-1)45-26-32-54(33-27-45)59(55-34-28-46(29-35-55)49-22-12-23-50(38-49)58-25-13-21-48-20-10-11-24-57(48)58)56-36-30-47(31-37-56)53-40-51(43-16-6-2-7-17-43)39-52(41-53)44-18-8-3-9-19-44/h1-41H/i26D,27D,32D,33D. The van der Waals surface area contributed by atoms with Gasteiger partial charge >= 0.3 is 0 Å². The third kappa shape index (κ3) is 7.46. The molecule has 0 unspecified atom stereocenters. The van der Waals surface area contributed by atoms with Crippen molar-refractivity contribution in [3.63, 3.8) is 0 Å². The van der Waals surface area contributed by atoms with Crippen molar-refractivity contribution < 1.29 is 5.48 Å². The van der Waals surface area contributed by atoms with Crippen molar-refractivity contribution in [1.82, 2.24) is 0 Å². The zero-order chi connectivity index (χ0) is 42.9. The van der Waals surface area contributed by atoms with Gasteiger partial charge < -0.3 is 4.90 Å². The van der Waals surface area contributed by atoms with E-state index in [9.17, 15) is 5.48 Å². The fourth-order valence-electron chi connectivity index (χ4n) is 7.91. The molecular formula is C58H41N. The molecule has 0 spiro atoms. The summed E-state index contributed by atoms with van der Waals surface area (Å²) in [5.41, 5.74) is 13.4. The highest BCUT2D eigenvalue weighted by Gasteiger charge is 2.15. The number of nitrogens with zero attached hydrogens (tertiary/aromatic N) is 1. The molecule has 0 aliphatic carbocycles. The fourth-order valence-corrected chi connectivity index (χ4v) is 7.91. The monoisotopic (exact) mass is 755 g/mol. The maximum Gasteiger partial charge on any atom is 0.0645 e. The van der Waals surface area contributed by atoms with Crippen molar-refractivity contribution in [2.24, 2.45) is 0 Å². The van der Waals surface area contributed by atoms with E-state index in [1.807, 2.05) is 71.6 Å². The summed E-state index contributed by atoms with van der Waals surface area (Å²) < 4.78 is 37.3. The molecule has 0 N–H and O–H groups in total. The summed E-state index contributed by atoms with van der Waals surface area (Å²) in [5, 5.41) is 2.40. The van der Waals surface area contributed by atoms with Crippen molar-refractivity contribution >= 4 is 27.8 Å². The Kier molecular flexibility index (Phi) is 8.51. The predicted octanol–water partition coefficient (Wildman–Crippen LogP) is 16.3. The molecule has 0 fully saturated rings. The van der Waals surface area contributed by atoms with Crippen LogP contribution in [0.1, 0.15) is 5.48 Å². The van der Waals surface area contributed by atoms with Crippen LogP contribution in [0.15, 0.2) is 249 Å². The first-order valence-corrected chi connectivity index (χ1v) is 19.9. The highest BCUT2D eigenvalue weighted by molar-refractivity contribution is 5.97. The van der Waals surface area contributed by atoms with E-state index in [0.717, 1.165) is 50.1 Å². The molecule has 59 heavy (non-hydrogen) atoms. The second kappa shape index (κ2) is 16.0.